The van der Waals surface area contributed by atoms with Crippen LogP contribution in [0.15, 0.2) is 18.2 Å². The Morgan fingerprint density at radius 3 is 2.95 bits per heavy atom. The van der Waals surface area contributed by atoms with Gasteiger partial charge >= 0.3 is 6.03 Å². The van der Waals surface area contributed by atoms with Crippen LogP contribution in [0.2, 0.25) is 0 Å². The van der Waals surface area contributed by atoms with Crippen LogP contribution in [0, 0.1) is 0 Å². The average molecular weight is 261 g/mol. The summed E-state index contributed by atoms with van der Waals surface area (Å²) in [5.74, 6) is 0.0830. The molecule has 1 aliphatic rings. The minimum atomic E-state index is -0.0785. The summed E-state index contributed by atoms with van der Waals surface area (Å²) in [6, 6.07) is 5.99. The molecule has 0 fully saturated rings. The van der Waals surface area contributed by atoms with Crippen molar-refractivity contribution in [2.45, 2.75) is 19.3 Å². The van der Waals surface area contributed by atoms with Crippen molar-refractivity contribution in [1.29, 1.82) is 0 Å². The predicted molar refractivity (Wildman–Crippen MR) is 74.2 cm³/mol. The first-order valence-corrected chi connectivity index (χ1v) is 6.44. The van der Waals surface area contributed by atoms with Crippen molar-refractivity contribution >= 4 is 17.6 Å². The van der Waals surface area contributed by atoms with Crippen molar-refractivity contribution in [1.82, 2.24) is 10.2 Å². The number of nitrogens with one attached hydrogen (secondary N) is 2. The van der Waals surface area contributed by atoms with Crippen molar-refractivity contribution in [3.05, 3.63) is 29.3 Å². The molecular weight excluding hydrogens is 242 g/mol. The van der Waals surface area contributed by atoms with E-state index in [0.29, 0.717) is 13.0 Å². The van der Waals surface area contributed by atoms with E-state index in [2.05, 4.69) is 16.7 Å². The number of likely N-dealkylation sites (N-methyl/N-ethyl adjacent to an activating group) is 1. The van der Waals surface area contributed by atoms with Gasteiger partial charge in [-0.3, -0.25) is 4.79 Å². The lowest BCUT2D eigenvalue weighted by molar-refractivity contribution is -0.116. The normalized spacial score (nSPS) is 13.5. The molecule has 0 atom stereocenters. The van der Waals surface area contributed by atoms with Gasteiger partial charge in [-0.15, -0.1) is 0 Å². The Kier molecular flexibility index (Phi) is 4.04. The molecule has 5 heteroatoms. The average Bonchev–Trinajstić information content (AvgIpc) is 2.43. The number of amides is 3. The van der Waals surface area contributed by atoms with Crippen molar-refractivity contribution in [3.8, 4) is 0 Å². The highest BCUT2D eigenvalue weighted by molar-refractivity contribution is 5.93. The second-order valence-corrected chi connectivity index (χ2v) is 4.77. The molecule has 0 radical (unpaired) electrons. The molecule has 1 aliphatic heterocycles. The van der Waals surface area contributed by atoms with Crippen LogP contribution >= 0.6 is 0 Å². The smallest absolute Gasteiger partial charge is 0.316 e. The van der Waals surface area contributed by atoms with Crippen molar-refractivity contribution in [2.75, 3.05) is 26.0 Å². The molecule has 0 unspecified atom stereocenters. The van der Waals surface area contributed by atoms with Gasteiger partial charge in [0, 0.05) is 32.7 Å². The summed E-state index contributed by atoms with van der Waals surface area (Å²) < 4.78 is 0. The summed E-state index contributed by atoms with van der Waals surface area (Å²) >= 11 is 0. The van der Waals surface area contributed by atoms with Gasteiger partial charge in [-0.2, -0.15) is 0 Å². The first-order chi connectivity index (χ1) is 9.10. The zero-order chi connectivity index (χ0) is 13.8. The minimum Gasteiger partial charge on any atom is -0.341 e. The fourth-order valence-electron chi connectivity index (χ4n) is 2.18. The van der Waals surface area contributed by atoms with Gasteiger partial charge in [0.25, 0.3) is 0 Å². The van der Waals surface area contributed by atoms with Crippen LogP contribution in [-0.4, -0.2) is 37.5 Å². The summed E-state index contributed by atoms with van der Waals surface area (Å²) in [6.07, 6.45) is 2.15. The maximum Gasteiger partial charge on any atom is 0.316 e. The summed E-state index contributed by atoms with van der Waals surface area (Å²) in [5, 5.41) is 5.46. The number of hydrogen-bond donors (Lipinski definition) is 2. The molecule has 0 spiro atoms. The first-order valence-electron chi connectivity index (χ1n) is 6.44. The van der Waals surface area contributed by atoms with E-state index in [1.165, 1.54) is 11.1 Å². The van der Waals surface area contributed by atoms with E-state index in [0.717, 1.165) is 18.5 Å². The van der Waals surface area contributed by atoms with E-state index in [1.54, 1.807) is 19.0 Å². The maximum atomic E-state index is 11.4. The fourth-order valence-corrected chi connectivity index (χ4v) is 2.18. The van der Waals surface area contributed by atoms with Gasteiger partial charge in [0.1, 0.15) is 0 Å². The Labute approximate surface area is 113 Å². The standard InChI is InChI=1S/C14H19N3O2/c1-15-14(19)17(2)8-7-10-3-5-12-11(9-10)4-6-13(18)16-12/h3,5,9H,4,6-8H2,1-2H3,(H,15,19)(H,16,18). The van der Waals surface area contributed by atoms with Gasteiger partial charge in [0.05, 0.1) is 0 Å². The zero-order valence-corrected chi connectivity index (χ0v) is 11.3. The molecule has 0 saturated carbocycles. The molecule has 5 nitrogen and oxygen atoms in total. The molecule has 1 heterocycles. The number of benzene rings is 1. The lowest BCUT2D eigenvalue weighted by atomic mass is 9.99. The van der Waals surface area contributed by atoms with E-state index >= 15 is 0 Å². The second kappa shape index (κ2) is 5.73. The Morgan fingerprint density at radius 2 is 2.21 bits per heavy atom. The van der Waals surface area contributed by atoms with Crippen LogP contribution in [-0.2, 0) is 17.6 Å². The van der Waals surface area contributed by atoms with Gasteiger partial charge in [0.2, 0.25) is 5.91 Å². The van der Waals surface area contributed by atoms with E-state index in [1.807, 2.05) is 12.1 Å². The van der Waals surface area contributed by atoms with Gasteiger partial charge in [-0.05, 0) is 30.0 Å². The summed E-state index contributed by atoms with van der Waals surface area (Å²) in [4.78, 5) is 24.3. The Hall–Kier alpha value is -2.04. The molecule has 2 N–H and O–H groups in total. The number of carbonyl (C=O) groups excluding carboxylic acids is 2. The van der Waals surface area contributed by atoms with Crippen molar-refractivity contribution in [2.24, 2.45) is 0 Å². The Balaban J connectivity index is 1.99. The number of fused-ring (bicyclic) bond motifs is 1. The van der Waals surface area contributed by atoms with Crippen molar-refractivity contribution < 1.29 is 9.59 Å². The lowest BCUT2D eigenvalue weighted by Crippen LogP contribution is -2.36. The van der Waals surface area contributed by atoms with Crippen LogP contribution in [0.1, 0.15) is 17.5 Å². The molecule has 2 rings (SSSR count). The molecular formula is C14H19N3O2. The predicted octanol–water partition coefficient (Wildman–Crippen LogP) is 1.38. The lowest BCUT2D eigenvalue weighted by Gasteiger charge is -2.19. The van der Waals surface area contributed by atoms with Gasteiger partial charge in [0.15, 0.2) is 0 Å². The highest BCUT2D eigenvalue weighted by Gasteiger charge is 2.15. The van der Waals surface area contributed by atoms with E-state index < -0.39 is 0 Å². The Morgan fingerprint density at radius 1 is 1.42 bits per heavy atom. The summed E-state index contributed by atoms with van der Waals surface area (Å²) in [6.45, 7) is 0.671. The molecule has 102 valence electrons. The quantitative estimate of drug-likeness (QED) is 0.863. The van der Waals surface area contributed by atoms with Crippen LogP contribution in [0.5, 0.6) is 0 Å². The Bertz CT molecular complexity index is 499. The number of rotatable bonds is 3. The number of anilines is 1. The third kappa shape index (κ3) is 3.24. The molecule has 0 aliphatic carbocycles. The summed E-state index contributed by atoms with van der Waals surface area (Å²) in [7, 11) is 3.40. The van der Waals surface area contributed by atoms with Crippen LogP contribution in [0.3, 0.4) is 0 Å². The molecule has 1 aromatic rings. The number of carbonyl (C=O) groups is 2. The SMILES string of the molecule is CNC(=O)N(C)CCc1ccc2c(c1)CCC(=O)N2. The summed E-state index contributed by atoms with van der Waals surface area (Å²) in [5.41, 5.74) is 3.28. The number of aryl methyl sites for hydroxylation is 1. The molecule has 19 heavy (non-hydrogen) atoms. The van der Waals surface area contributed by atoms with Crippen LogP contribution in [0.25, 0.3) is 0 Å². The van der Waals surface area contributed by atoms with Crippen LogP contribution in [0.4, 0.5) is 10.5 Å². The molecule has 0 aromatic heterocycles. The fraction of sp³-hybridized carbons (Fsp3) is 0.429. The monoisotopic (exact) mass is 261 g/mol. The molecule has 0 saturated heterocycles. The number of nitrogens with zero attached hydrogens (tertiary/aromatic N) is 1. The highest BCUT2D eigenvalue weighted by Crippen LogP contribution is 2.23. The van der Waals surface area contributed by atoms with Gasteiger partial charge in [-0.1, -0.05) is 12.1 Å². The topological polar surface area (TPSA) is 61.4 Å². The second-order valence-electron chi connectivity index (χ2n) is 4.77. The first kappa shape index (κ1) is 13.4. The molecule has 1 aromatic carbocycles. The third-order valence-corrected chi connectivity index (χ3v) is 3.36. The van der Waals surface area contributed by atoms with E-state index in [4.69, 9.17) is 0 Å². The van der Waals surface area contributed by atoms with Gasteiger partial charge < -0.3 is 15.5 Å². The maximum absolute atomic E-state index is 11.4. The van der Waals surface area contributed by atoms with Crippen molar-refractivity contribution in [3.63, 3.8) is 0 Å². The third-order valence-electron chi connectivity index (χ3n) is 3.36. The number of hydrogen-bond acceptors (Lipinski definition) is 2. The largest absolute Gasteiger partial charge is 0.341 e. The van der Waals surface area contributed by atoms with Crippen LogP contribution < -0.4 is 10.6 Å². The zero-order valence-electron chi connectivity index (χ0n) is 11.3. The number of urea groups is 1. The van der Waals surface area contributed by atoms with E-state index in [-0.39, 0.29) is 11.9 Å². The molecule has 3 amide bonds. The molecule has 0 bridgehead atoms. The highest BCUT2D eigenvalue weighted by atomic mass is 16.2. The van der Waals surface area contributed by atoms with Gasteiger partial charge in [-0.25, -0.2) is 4.79 Å². The van der Waals surface area contributed by atoms with E-state index in [9.17, 15) is 9.59 Å². The minimum absolute atomic E-state index is 0.0785.